The Bertz CT molecular complexity index is 1180. The SMILES string of the molecule is COC1CN(Cc2ccc(-c3c[nH]c4c3C=C(c3ccc(N5CCN(C)CC5)cc3)CN4)cc2)C1. The average Bonchev–Trinajstić information content (AvgIpc) is 3.30. The first kappa shape index (κ1) is 22.4. The van der Waals surface area contributed by atoms with Gasteiger partial charge in [0.05, 0.1) is 6.10 Å². The molecule has 0 radical (unpaired) electrons. The highest BCUT2D eigenvalue weighted by Crippen LogP contribution is 2.36. The summed E-state index contributed by atoms with van der Waals surface area (Å²) in [6.45, 7) is 8.32. The lowest BCUT2D eigenvalue weighted by Gasteiger charge is -2.38. The van der Waals surface area contributed by atoms with Gasteiger partial charge in [0, 0.05) is 82.5 Å². The molecule has 0 saturated carbocycles. The number of aromatic amines is 1. The molecule has 0 atom stereocenters. The fraction of sp³-hybridized carbons (Fsp3) is 0.379. The number of nitrogens with zero attached hydrogens (tertiary/aromatic N) is 3. The number of hydrogen-bond donors (Lipinski definition) is 2. The first-order valence-corrected chi connectivity index (χ1v) is 12.7. The zero-order valence-corrected chi connectivity index (χ0v) is 20.8. The molecular formula is C29H35N5O. The molecule has 0 spiro atoms. The van der Waals surface area contributed by atoms with Gasteiger partial charge in [-0.05, 0) is 47.5 Å². The minimum atomic E-state index is 0.400. The van der Waals surface area contributed by atoms with E-state index in [0.29, 0.717) is 6.10 Å². The molecule has 2 aromatic carbocycles. The second kappa shape index (κ2) is 9.53. The Morgan fingerprint density at radius 1 is 0.914 bits per heavy atom. The summed E-state index contributed by atoms with van der Waals surface area (Å²) in [4.78, 5) is 10.7. The fourth-order valence-electron chi connectivity index (χ4n) is 5.36. The lowest BCUT2D eigenvalue weighted by atomic mass is 9.96. The van der Waals surface area contributed by atoms with Crippen molar-refractivity contribution in [3.63, 3.8) is 0 Å². The summed E-state index contributed by atoms with van der Waals surface area (Å²) in [6.07, 6.45) is 4.87. The number of likely N-dealkylation sites (tertiary alicyclic amines) is 1. The van der Waals surface area contributed by atoms with Crippen LogP contribution in [0.2, 0.25) is 0 Å². The predicted octanol–water partition coefficient (Wildman–Crippen LogP) is 4.23. The van der Waals surface area contributed by atoms with E-state index in [9.17, 15) is 0 Å². The van der Waals surface area contributed by atoms with Crippen LogP contribution >= 0.6 is 0 Å². The molecule has 1 aromatic heterocycles. The molecule has 3 aliphatic heterocycles. The van der Waals surface area contributed by atoms with Gasteiger partial charge in [-0.1, -0.05) is 36.4 Å². The van der Waals surface area contributed by atoms with Gasteiger partial charge >= 0.3 is 0 Å². The van der Waals surface area contributed by atoms with Crippen LogP contribution in [0.25, 0.3) is 22.8 Å². The van der Waals surface area contributed by atoms with Crippen molar-refractivity contribution >= 4 is 23.2 Å². The molecule has 2 N–H and O–H groups in total. The molecule has 6 nitrogen and oxygen atoms in total. The Kier molecular flexibility index (Phi) is 6.10. The summed E-state index contributed by atoms with van der Waals surface area (Å²) in [5.74, 6) is 1.10. The van der Waals surface area contributed by atoms with E-state index in [0.717, 1.165) is 58.2 Å². The van der Waals surface area contributed by atoms with Crippen LogP contribution < -0.4 is 10.2 Å². The zero-order chi connectivity index (χ0) is 23.8. The van der Waals surface area contributed by atoms with Crippen LogP contribution in [0.3, 0.4) is 0 Å². The molecule has 2 saturated heterocycles. The molecule has 0 amide bonds. The van der Waals surface area contributed by atoms with Gasteiger partial charge in [-0.15, -0.1) is 0 Å². The Hall–Kier alpha value is -3.06. The third-order valence-electron chi connectivity index (χ3n) is 7.73. The van der Waals surface area contributed by atoms with Crippen molar-refractivity contribution in [3.05, 3.63) is 71.4 Å². The van der Waals surface area contributed by atoms with Gasteiger partial charge in [-0.3, -0.25) is 4.90 Å². The Labute approximate surface area is 208 Å². The smallest absolute Gasteiger partial charge is 0.111 e. The number of fused-ring (bicyclic) bond motifs is 1. The highest BCUT2D eigenvalue weighted by Gasteiger charge is 2.26. The standard InChI is InChI=1S/C29H35N5O/c1-32-11-13-34(14-12-32)25-9-7-22(8-10-25)24-15-27-28(17-31-29(27)30-16-24)23-5-3-21(4-6-23)18-33-19-26(20-33)35-2/h3-10,15,17,26,30-31H,11-14,16,18-20H2,1-2H3. The second-order valence-corrected chi connectivity index (χ2v) is 10.1. The first-order chi connectivity index (χ1) is 17.2. The normalized spacial score (nSPS) is 19.1. The summed E-state index contributed by atoms with van der Waals surface area (Å²) in [7, 11) is 4.00. The van der Waals surface area contributed by atoms with Crippen molar-refractivity contribution in [2.24, 2.45) is 0 Å². The minimum Gasteiger partial charge on any atom is -0.379 e. The van der Waals surface area contributed by atoms with Crippen molar-refractivity contribution in [2.45, 2.75) is 12.6 Å². The summed E-state index contributed by atoms with van der Waals surface area (Å²) in [5.41, 5.74) is 9.02. The number of anilines is 2. The highest BCUT2D eigenvalue weighted by atomic mass is 16.5. The maximum atomic E-state index is 5.39. The largest absolute Gasteiger partial charge is 0.379 e. The molecule has 3 aliphatic rings. The van der Waals surface area contributed by atoms with Crippen LogP contribution in [0.4, 0.5) is 11.5 Å². The van der Waals surface area contributed by atoms with Crippen LogP contribution in [0.5, 0.6) is 0 Å². The van der Waals surface area contributed by atoms with Gasteiger partial charge in [0.2, 0.25) is 0 Å². The number of methoxy groups -OCH3 is 1. The van der Waals surface area contributed by atoms with Crippen molar-refractivity contribution in [1.82, 2.24) is 14.8 Å². The van der Waals surface area contributed by atoms with Gasteiger partial charge in [-0.2, -0.15) is 0 Å². The lowest BCUT2D eigenvalue weighted by Crippen LogP contribution is -2.50. The van der Waals surface area contributed by atoms with Crippen molar-refractivity contribution < 1.29 is 4.74 Å². The molecule has 6 heteroatoms. The number of ether oxygens (including phenoxy) is 1. The van der Waals surface area contributed by atoms with Gasteiger partial charge in [0.15, 0.2) is 0 Å². The van der Waals surface area contributed by atoms with E-state index in [1.54, 1.807) is 7.11 Å². The van der Waals surface area contributed by atoms with E-state index in [1.165, 1.54) is 39.1 Å². The van der Waals surface area contributed by atoms with E-state index >= 15 is 0 Å². The van der Waals surface area contributed by atoms with Gasteiger partial charge in [0.25, 0.3) is 0 Å². The first-order valence-electron chi connectivity index (χ1n) is 12.7. The fourth-order valence-corrected chi connectivity index (χ4v) is 5.36. The number of benzene rings is 2. The lowest BCUT2D eigenvalue weighted by molar-refractivity contribution is -0.0333. The molecule has 0 unspecified atom stereocenters. The van der Waals surface area contributed by atoms with Gasteiger partial charge < -0.3 is 24.8 Å². The summed E-state index contributed by atoms with van der Waals surface area (Å²) in [6, 6.07) is 18.1. The van der Waals surface area contributed by atoms with E-state index in [2.05, 4.69) is 92.9 Å². The quantitative estimate of drug-likeness (QED) is 0.566. The van der Waals surface area contributed by atoms with Crippen LogP contribution in [0.1, 0.15) is 16.7 Å². The number of likely N-dealkylation sites (N-methyl/N-ethyl adjacent to an activating group) is 1. The number of rotatable bonds is 6. The van der Waals surface area contributed by atoms with E-state index < -0.39 is 0 Å². The average molecular weight is 470 g/mol. The molecule has 4 heterocycles. The Balaban J connectivity index is 1.17. The monoisotopic (exact) mass is 469 g/mol. The van der Waals surface area contributed by atoms with Crippen LogP contribution in [-0.2, 0) is 11.3 Å². The molecule has 6 rings (SSSR count). The van der Waals surface area contributed by atoms with E-state index in [-0.39, 0.29) is 0 Å². The van der Waals surface area contributed by atoms with E-state index in [4.69, 9.17) is 4.74 Å². The number of nitrogens with one attached hydrogen (secondary N) is 2. The predicted molar refractivity (Wildman–Crippen MR) is 145 cm³/mol. The van der Waals surface area contributed by atoms with Crippen LogP contribution in [-0.4, -0.2) is 80.9 Å². The third-order valence-corrected chi connectivity index (χ3v) is 7.73. The summed E-state index contributed by atoms with van der Waals surface area (Å²) < 4.78 is 5.39. The molecule has 182 valence electrons. The second-order valence-electron chi connectivity index (χ2n) is 10.1. The summed E-state index contributed by atoms with van der Waals surface area (Å²) >= 11 is 0. The van der Waals surface area contributed by atoms with Gasteiger partial charge in [0.1, 0.15) is 5.82 Å². The zero-order valence-electron chi connectivity index (χ0n) is 20.8. The number of hydrogen-bond acceptors (Lipinski definition) is 5. The number of H-pyrrole nitrogens is 1. The maximum Gasteiger partial charge on any atom is 0.111 e. The third kappa shape index (κ3) is 4.61. The Morgan fingerprint density at radius 2 is 1.63 bits per heavy atom. The number of aromatic nitrogens is 1. The highest BCUT2D eigenvalue weighted by molar-refractivity contribution is 5.95. The van der Waals surface area contributed by atoms with Crippen LogP contribution in [0, 0.1) is 0 Å². The van der Waals surface area contributed by atoms with Gasteiger partial charge in [-0.25, -0.2) is 0 Å². The molecular weight excluding hydrogens is 434 g/mol. The Morgan fingerprint density at radius 3 is 2.34 bits per heavy atom. The molecule has 0 aliphatic carbocycles. The van der Waals surface area contributed by atoms with E-state index in [1.807, 2.05) is 0 Å². The van der Waals surface area contributed by atoms with Crippen LogP contribution in [0.15, 0.2) is 54.7 Å². The molecule has 3 aromatic rings. The van der Waals surface area contributed by atoms with Crippen molar-refractivity contribution in [3.8, 4) is 11.1 Å². The number of piperazine rings is 1. The minimum absolute atomic E-state index is 0.400. The van der Waals surface area contributed by atoms with Crippen molar-refractivity contribution in [1.29, 1.82) is 0 Å². The molecule has 35 heavy (non-hydrogen) atoms. The molecule has 0 bridgehead atoms. The summed E-state index contributed by atoms with van der Waals surface area (Å²) in [5, 5.41) is 3.59. The topological polar surface area (TPSA) is 46.8 Å². The maximum absolute atomic E-state index is 5.39. The van der Waals surface area contributed by atoms with Crippen molar-refractivity contribution in [2.75, 3.05) is 70.2 Å². The molecule has 2 fully saturated rings.